The number of hydrogen-bond acceptors (Lipinski definition) is 2. The van der Waals surface area contributed by atoms with Gasteiger partial charge in [0.1, 0.15) is 11.4 Å². The van der Waals surface area contributed by atoms with Gasteiger partial charge in [-0.15, -0.1) is 0 Å². The van der Waals surface area contributed by atoms with Crippen molar-refractivity contribution >= 4 is 11.6 Å². The van der Waals surface area contributed by atoms with Gasteiger partial charge in [-0.25, -0.2) is 0 Å². The van der Waals surface area contributed by atoms with Crippen LogP contribution >= 0.6 is 11.6 Å². The van der Waals surface area contributed by atoms with Gasteiger partial charge < -0.3 is 10.1 Å². The summed E-state index contributed by atoms with van der Waals surface area (Å²) < 4.78 is 5.78. The normalized spacial score (nSPS) is 11.4. The summed E-state index contributed by atoms with van der Waals surface area (Å²) in [7, 11) is 1.91. The Morgan fingerprint density at radius 3 is 2.36 bits per heavy atom. The predicted molar refractivity (Wildman–Crippen MR) is 60.1 cm³/mol. The Hall–Kier alpha value is -0.730. The van der Waals surface area contributed by atoms with E-state index in [4.69, 9.17) is 16.3 Å². The van der Waals surface area contributed by atoms with Gasteiger partial charge in [0.25, 0.3) is 0 Å². The smallest absolute Gasteiger partial charge is 0.120 e. The van der Waals surface area contributed by atoms with Crippen molar-refractivity contribution in [3.05, 3.63) is 29.3 Å². The SMILES string of the molecule is CNCC(C)(C)Oc1ccc(Cl)cc1. The average Bonchev–Trinajstić information content (AvgIpc) is 2.08. The fourth-order valence-corrected chi connectivity index (χ4v) is 1.41. The molecule has 0 aliphatic rings. The fraction of sp³-hybridized carbons (Fsp3) is 0.455. The maximum Gasteiger partial charge on any atom is 0.120 e. The molecule has 0 aliphatic heterocycles. The third-order valence-electron chi connectivity index (χ3n) is 1.81. The highest BCUT2D eigenvalue weighted by Gasteiger charge is 2.18. The summed E-state index contributed by atoms with van der Waals surface area (Å²) in [5, 5.41) is 3.81. The molecule has 0 fully saturated rings. The largest absolute Gasteiger partial charge is 0.487 e. The molecule has 0 atom stereocenters. The summed E-state index contributed by atoms with van der Waals surface area (Å²) in [6, 6.07) is 7.40. The first-order valence-electron chi connectivity index (χ1n) is 4.63. The minimum absolute atomic E-state index is 0.206. The monoisotopic (exact) mass is 213 g/mol. The zero-order valence-corrected chi connectivity index (χ0v) is 9.56. The molecule has 0 aromatic heterocycles. The van der Waals surface area contributed by atoms with E-state index < -0.39 is 0 Å². The Morgan fingerprint density at radius 2 is 1.86 bits per heavy atom. The van der Waals surface area contributed by atoms with Crippen LogP contribution in [0.3, 0.4) is 0 Å². The second-order valence-corrected chi connectivity index (χ2v) is 4.28. The molecule has 0 heterocycles. The van der Waals surface area contributed by atoms with Crippen LogP contribution < -0.4 is 10.1 Å². The topological polar surface area (TPSA) is 21.3 Å². The Morgan fingerprint density at radius 1 is 1.29 bits per heavy atom. The molecule has 0 amide bonds. The number of hydrogen-bond donors (Lipinski definition) is 1. The molecule has 0 bridgehead atoms. The van der Waals surface area contributed by atoms with Crippen LogP contribution in [0.25, 0.3) is 0 Å². The van der Waals surface area contributed by atoms with Crippen molar-refractivity contribution < 1.29 is 4.74 Å². The van der Waals surface area contributed by atoms with Crippen molar-refractivity contribution in [3.8, 4) is 5.75 Å². The molecular weight excluding hydrogens is 198 g/mol. The highest BCUT2D eigenvalue weighted by molar-refractivity contribution is 6.30. The second kappa shape index (κ2) is 4.67. The molecular formula is C11H16ClNO. The summed E-state index contributed by atoms with van der Waals surface area (Å²) in [6.45, 7) is 4.88. The van der Waals surface area contributed by atoms with Crippen molar-refractivity contribution in [1.82, 2.24) is 5.32 Å². The molecule has 1 rings (SSSR count). The highest BCUT2D eigenvalue weighted by atomic mass is 35.5. The van der Waals surface area contributed by atoms with Crippen molar-refractivity contribution in [2.45, 2.75) is 19.4 Å². The number of nitrogens with one attached hydrogen (secondary N) is 1. The van der Waals surface area contributed by atoms with Gasteiger partial charge in [-0.2, -0.15) is 0 Å². The molecule has 0 spiro atoms. The predicted octanol–water partition coefficient (Wildman–Crippen LogP) is 2.72. The van der Waals surface area contributed by atoms with Crippen LogP contribution in [0.4, 0.5) is 0 Å². The molecule has 2 nitrogen and oxygen atoms in total. The Balaban J connectivity index is 2.64. The van der Waals surface area contributed by atoms with Gasteiger partial charge in [-0.3, -0.25) is 0 Å². The van der Waals surface area contributed by atoms with Gasteiger partial charge in [-0.05, 0) is 45.2 Å². The molecule has 78 valence electrons. The van der Waals surface area contributed by atoms with E-state index in [2.05, 4.69) is 5.32 Å². The molecule has 1 aromatic rings. The minimum atomic E-state index is -0.206. The number of halogens is 1. The van der Waals surface area contributed by atoms with Crippen molar-refractivity contribution in [2.24, 2.45) is 0 Å². The van der Waals surface area contributed by atoms with Gasteiger partial charge in [0.05, 0.1) is 0 Å². The van der Waals surface area contributed by atoms with Crippen LogP contribution in [0.1, 0.15) is 13.8 Å². The molecule has 0 unspecified atom stereocenters. The number of rotatable bonds is 4. The van der Waals surface area contributed by atoms with E-state index in [-0.39, 0.29) is 5.60 Å². The van der Waals surface area contributed by atoms with Gasteiger partial charge in [-0.1, -0.05) is 11.6 Å². The molecule has 1 aromatic carbocycles. The van der Waals surface area contributed by atoms with Crippen LogP contribution in [0, 0.1) is 0 Å². The maximum atomic E-state index is 5.78. The molecule has 14 heavy (non-hydrogen) atoms. The first-order valence-corrected chi connectivity index (χ1v) is 5.00. The van der Waals surface area contributed by atoms with Crippen molar-refractivity contribution in [3.63, 3.8) is 0 Å². The zero-order valence-electron chi connectivity index (χ0n) is 8.80. The third kappa shape index (κ3) is 3.56. The highest BCUT2D eigenvalue weighted by Crippen LogP contribution is 2.20. The molecule has 0 saturated carbocycles. The number of ether oxygens (including phenoxy) is 1. The van der Waals surface area contributed by atoms with Crippen LogP contribution in [0.2, 0.25) is 5.02 Å². The first kappa shape index (κ1) is 11.3. The Labute approximate surface area is 90.2 Å². The summed E-state index contributed by atoms with van der Waals surface area (Å²) in [5.41, 5.74) is -0.206. The van der Waals surface area contributed by atoms with Crippen LogP contribution in [-0.4, -0.2) is 19.2 Å². The lowest BCUT2D eigenvalue weighted by Gasteiger charge is -2.26. The fourth-order valence-electron chi connectivity index (χ4n) is 1.28. The van der Waals surface area contributed by atoms with E-state index in [1.165, 1.54) is 0 Å². The van der Waals surface area contributed by atoms with Crippen molar-refractivity contribution in [2.75, 3.05) is 13.6 Å². The lowest BCUT2D eigenvalue weighted by molar-refractivity contribution is 0.110. The molecule has 3 heteroatoms. The maximum absolute atomic E-state index is 5.78. The lowest BCUT2D eigenvalue weighted by atomic mass is 10.1. The van der Waals surface area contributed by atoms with E-state index >= 15 is 0 Å². The average molecular weight is 214 g/mol. The van der Waals surface area contributed by atoms with E-state index in [0.29, 0.717) is 0 Å². The van der Waals surface area contributed by atoms with E-state index in [0.717, 1.165) is 17.3 Å². The Kier molecular flexibility index (Phi) is 3.78. The van der Waals surface area contributed by atoms with Gasteiger partial charge in [0.15, 0.2) is 0 Å². The summed E-state index contributed by atoms with van der Waals surface area (Å²) >= 11 is 5.78. The third-order valence-corrected chi connectivity index (χ3v) is 2.06. The lowest BCUT2D eigenvalue weighted by Crippen LogP contribution is -2.38. The van der Waals surface area contributed by atoms with E-state index in [9.17, 15) is 0 Å². The first-order chi connectivity index (χ1) is 6.53. The van der Waals surface area contributed by atoms with Crippen molar-refractivity contribution in [1.29, 1.82) is 0 Å². The van der Waals surface area contributed by atoms with E-state index in [1.54, 1.807) is 0 Å². The number of likely N-dealkylation sites (N-methyl/N-ethyl adjacent to an activating group) is 1. The van der Waals surface area contributed by atoms with Crippen LogP contribution in [0.15, 0.2) is 24.3 Å². The van der Waals surface area contributed by atoms with E-state index in [1.807, 2.05) is 45.2 Å². The van der Waals surface area contributed by atoms with Gasteiger partial charge in [0.2, 0.25) is 0 Å². The van der Waals surface area contributed by atoms with Gasteiger partial charge in [0, 0.05) is 11.6 Å². The van der Waals surface area contributed by atoms with Crippen LogP contribution in [0.5, 0.6) is 5.75 Å². The summed E-state index contributed by atoms with van der Waals surface area (Å²) in [4.78, 5) is 0. The zero-order chi connectivity index (χ0) is 10.6. The minimum Gasteiger partial charge on any atom is -0.487 e. The quantitative estimate of drug-likeness (QED) is 0.831. The molecule has 1 N–H and O–H groups in total. The molecule has 0 radical (unpaired) electrons. The summed E-state index contributed by atoms with van der Waals surface area (Å²) in [5.74, 6) is 0.842. The standard InChI is InChI=1S/C11H16ClNO/c1-11(2,8-13-3)14-10-6-4-9(12)5-7-10/h4-7,13H,8H2,1-3H3. The van der Waals surface area contributed by atoms with Crippen LogP contribution in [-0.2, 0) is 0 Å². The molecule has 0 aliphatic carbocycles. The Bertz CT molecular complexity index is 282. The molecule has 0 saturated heterocycles. The second-order valence-electron chi connectivity index (χ2n) is 3.85. The summed E-state index contributed by atoms with van der Waals surface area (Å²) in [6.07, 6.45) is 0. The number of benzene rings is 1. The van der Waals surface area contributed by atoms with Gasteiger partial charge >= 0.3 is 0 Å².